The normalized spacial score (nSPS) is 12.3. The SMILES string of the molecule is C[C@@H]([NH2+]Cc1ccc(-c2ccc(F)c(Cl)c2)o1)c1ccccc1. The Morgan fingerprint density at radius 3 is 2.61 bits per heavy atom. The molecule has 0 aliphatic heterocycles. The Kier molecular flexibility index (Phi) is 4.79. The van der Waals surface area contributed by atoms with E-state index in [1.165, 1.54) is 11.6 Å². The average Bonchev–Trinajstić information content (AvgIpc) is 3.05. The molecule has 0 radical (unpaired) electrons. The van der Waals surface area contributed by atoms with E-state index in [1.54, 1.807) is 12.1 Å². The topological polar surface area (TPSA) is 29.8 Å². The summed E-state index contributed by atoms with van der Waals surface area (Å²) in [6.07, 6.45) is 0. The smallest absolute Gasteiger partial charge is 0.158 e. The largest absolute Gasteiger partial charge is 0.455 e. The Morgan fingerprint density at radius 1 is 1.09 bits per heavy atom. The summed E-state index contributed by atoms with van der Waals surface area (Å²) in [6.45, 7) is 2.91. The van der Waals surface area contributed by atoms with Crippen LogP contribution in [0.1, 0.15) is 24.3 Å². The number of hydrogen-bond acceptors (Lipinski definition) is 1. The molecule has 0 aliphatic rings. The van der Waals surface area contributed by atoms with Crippen molar-refractivity contribution in [3.63, 3.8) is 0 Å². The lowest BCUT2D eigenvalue weighted by Crippen LogP contribution is -2.82. The van der Waals surface area contributed by atoms with Crippen LogP contribution in [0.4, 0.5) is 4.39 Å². The van der Waals surface area contributed by atoms with Gasteiger partial charge < -0.3 is 9.73 Å². The molecule has 1 atom stereocenters. The number of benzene rings is 2. The van der Waals surface area contributed by atoms with Crippen LogP contribution in [-0.2, 0) is 6.54 Å². The van der Waals surface area contributed by atoms with Gasteiger partial charge in [0.2, 0.25) is 0 Å². The molecule has 1 heterocycles. The third-order valence-corrected chi connectivity index (χ3v) is 4.15. The highest BCUT2D eigenvalue weighted by Crippen LogP contribution is 2.26. The van der Waals surface area contributed by atoms with Crippen LogP contribution in [-0.4, -0.2) is 0 Å². The zero-order chi connectivity index (χ0) is 16.2. The number of furan rings is 1. The molecule has 0 saturated heterocycles. The predicted molar refractivity (Wildman–Crippen MR) is 89.6 cm³/mol. The van der Waals surface area contributed by atoms with Crippen molar-refractivity contribution in [3.05, 3.63) is 82.8 Å². The molecule has 23 heavy (non-hydrogen) atoms. The third kappa shape index (κ3) is 3.81. The maximum absolute atomic E-state index is 13.2. The molecule has 0 bridgehead atoms. The van der Waals surface area contributed by atoms with Crippen molar-refractivity contribution in [1.29, 1.82) is 0 Å². The Morgan fingerprint density at radius 2 is 1.87 bits per heavy atom. The minimum absolute atomic E-state index is 0.102. The number of hydrogen-bond donors (Lipinski definition) is 1. The highest BCUT2D eigenvalue weighted by atomic mass is 35.5. The monoisotopic (exact) mass is 330 g/mol. The van der Waals surface area contributed by atoms with Gasteiger partial charge in [0.15, 0.2) is 5.76 Å². The summed E-state index contributed by atoms with van der Waals surface area (Å²) in [5.41, 5.74) is 2.06. The van der Waals surface area contributed by atoms with Crippen molar-refractivity contribution >= 4 is 11.6 Å². The number of rotatable bonds is 5. The molecular formula is C19H18ClFNO+. The minimum atomic E-state index is -0.424. The second-order valence-electron chi connectivity index (χ2n) is 5.53. The van der Waals surface area contributed by atoms with Crippen molar-refractivity contribution in [2.75, 3.05) is 0 Å². The van der Waals surface area contributed by atoms with Crippen LogP contribution >= 0.6 is 11.6 Å². The summed E-state index contributed by atoms with van der Waals surface area (Å²) >= 11 is 5.82. The van der Waals surface area contributed by atoms with E-state index in [1.807, 2.05) is 30.3 Å². The standard InChI is InChI=1S/C19H17ClFNO/c1-13(14-5-3-2-4-6-14)22-12-16-8-10-19(23-16)15-7-9-18(21)17(20)11-15/h2-11,13,22H,12H2,1H3/p+1/t13-/m1/s1. The van der Waals surface area contributed by atoms with Gasteiger partial charge in [-0.1, -0.05) is 41.9 Å². The summed E-state index contributed by atoms with van der Waals surface area (Å²) < 4.78 is 19.1. The summed E-state index contributed by atoms with van der Waals surface area (Å²) in [5.74, 6) is 1.15. The minimum Gasteiger partial charge on any atom is -0.455 e. The predicted octanol–water partition coefficient (Wildman–Crippen LogP) is 4.56. The number of quaternary nitrogens is 1. The third-order valence-electron chi connectivity index (χ3n) is 3.86. The van der Waals surface area contributed by atoms with Gasteiger partial charge in [0.25, 0.3) is 0 Å². The molecule has 3 aromatic rings. The Labute approximate surface area is 139 Å². The van der Waals surface area contributed by atoms with Crippen molar-refractivity contribution in [3.8, 4) is 11.3 Å². The highest BCUT2D eigenvalue weighted by molar-refractivity contribution is 6.31. The molecular weight excluding hydrogens is 313 g/mol. The highest BCUT2D eigenvalue weighted by Gasteiger charge is 2.11. The van der Waals surface area contributed by atoms with Gasteiger partial charge in [-0.05, 0) is 37.3 Å². The van der Waals surface area contributed by atoms with E-state index in [9.17, 15) is 4.39 Å². The zero-order valence-electron chi connectivity index (χ0n) is 12.8. The second-order valence-corrected chi connectivity index (χ2v) is 5.94. The van der Waals surface area contributed by atoms with Crippen molar-refractivity contribution in [2.24, 2.45) is 0 Å². The van der Waals surface area contributed by atoms with Crippen LogP contribution in [0.2, 0.25) is 5.02 Å². The van der Waals surface area contributed by atoms with E-state index < -0.39 is 5.82 Å². The Balaban J connectivity index is 1.66. The first kappa shape index (κ1) is 15.8. The molecule has 0 aliphatic carbocycles. The van der Waals surface area contributed by atoms with Gasteiger partial charge in [-0.3, -0.25) is 0 Å². The maximum atomic E-state index is 13.2. The molecule has 0 amide bonds. The fourth-order valence-corrected chi connectivity index (χ4v) is 2.66. The van der Waals surface area contributed by atoms with Crippen LogP contribution in [0.25, 0.3) is 11.3 Å². The summed E-state index contributed by atoms with van der Waals surface area (Å²) in [7, 11) is 0. The number of nitrogens with two attached hydrogens (primary N) is 1. The van der Waals surface area contributed by atoms with E-state index >= 15 is 0 Å². The fourth-order valence-electron chi connectivity index (χ4n) is 2.48. The van der Waals surface area contributed by atoms with Gasteiger partial charge >= 0.3 is 0 Å². The van der Waals surface area contributed by atoms with Gasteiger partial charge in [-0.15, -0.1) is 0 Å². The molecule has 0 unspecified atom stereocenters. The van der Waals surface area contributed by atoms with E-state index in [4.69, 9.17) is 16.0 Å². The van der Waals surface area contributed by atoms with Crippen molar-refractivity contribution in [2.45, 2.75) is 19.5 Å². The number of halogens is 2. The van der Waals surface area contributed by atoms with Gasteiger partial charge in [0.05, 0.1) is 5.02 Å². The van der Waals surface area contributed by atoms with E-state index in [-0.39, 0.29) is 5.02 Å². The van der Waals surface area contributed by atoms with Crippen LogP contribution in [0.15, 0.2) is 65.1 Å². The summed E-state index contributed by atoms with van der Waals surface area (Å²) in [6, 6.07) is 19.1. The van der Waals surface area contributed by atoms with E-state index in [0.717, 1.165) is 17.9 Å². The van der Waals surface area contributed by atoms with Gasteiger partial charge in [0, 0.05) is 11.1 Å². The summed E-state index contributed by atoms with van der Waals surface area (Å²) in [5, 5.41) is 2.32. The zero-order valence-corrected chi connectivity index (χ0v) is 13.6. The van der Waals surface area contributed by atoms with Crippen molar-refractivity contribution < 1.29 is 14.1 Å². The van der Waals surface area contributed by atoms with Crippen LogP contribution in [0.3, 0.4) is 0 Å². The fraction of sp³-hybridized carbons (Fsp3) is 0.158. The molecule has 0 fully saturated rings. The summed E-state index contributed by atoms with van der Waals surface area (Å²) in [4.78, 5) is 0. The van der Waals surface area contributed by atoms with Crippen LogP contribution < -0.4 is 5.32 Å². The molecule has 2 nitrogen and oxygen atoms in total. The molecule has 2 aromatic carbocycles. The first-order chi connectivity index (χ1) is 11.1. The molecule has 1 aromatic heterocycles. The van der Waals surface area contributed by atoms with Gasteiger partial charge in [-0.2, -0.15) is 0 Å². The molecule has 4 heteroatoms. The van der Waals surface area contributed by atoms with Crippen molar-refractivity contribution in [1.82, 2.24) is 0 Å². The lowest BCUT2D eigenvalue weighted by Gasteiger charge is -2.09. The maximum Gasteiger partial charge on any atom is 0.158 e. The Hall–Kier alpha value is -2.10. The molecule has 3 rings (SSSR count). The van der Waals surface area contributed by atoms with Crippen LogP contribution in [0, 0.1) is 5.82 Å². The average molecular weight is 331 g/mol. The lowest BCUT2D eigenvalue weighted by atomic mass is 10.1. The Bertz CT molecular complexity index is 785. The lowest BCUT2D eigenvalue weighted by molar-refractivity contribution is -0.709. The molecule has 0 spiro atoms. The van der Waals surface area contributed by atoms with Crippen LogP contribution in [0.5, 0.6) is 0 Å². The first-order valence-electron chi connectivity index (χ1n) is 7.56. The molecule has 118 valence electrons. The molecule has 2 N–H and O–H groups in total. The van der Waals surface area contributed by atoms with Gasteiger partial charge in [0.1, 0.15) is 24.2 Å². The van der Waals surface area contributed by atoms with E-state index in [2.05, 4.69) is 24.4 Å². The van der Waals surface area contributed by atoms with E-state index in [0.29, 0.717) is 11.8 Å². The van der Waals surface area contributed by atoms with Gasteiger partial charge in [-0.25, -0.2) is 4.39 Å². The second kappa shape index (κ2) is 6.99. The first-order valence-corrected chi connectivity index (χ1v) is 7.93. The molecule has 0 saturated carbocycles. The quantitative estimate of drug-likeness (QED) is 0.730.